The predicted molar refractivity (Wildman–Crippen MR) is 103 cm³/mol. The average molecular weight is 433 g/mol. The summed E-state index contributed by atoms with van der Waals surface area (Å²) in [6, 6.07) is 10.5. The highest BCUT2D eigenvalue weighted by Crippen LogP contribution is 2.34. The van der Waals surface area contributed by atoms with Gasteiger partial charge in [0, 0.05) is 17.6 Å². The molecular formula is C20H14F3N3O5. The molecular weight excluding hydrogens is 419 g/mol. The number of para-hydroxylation sites is 1. The fourth-order valence-corrected chi connectivity index (χ4v) is 2.81. The number of nitro groups is 1. The summed E-state index contributed by atoms with van der Waals surface area (Å²) in [6.45, 7) is -0.769. The number of anilines is 1. The second-order valence-electron chi connectivity index (χ2n) is 6.36. The number of alkyl halides is 3. The first kappa shape index (κ1) is 21.7. The van der Waals surface area contributed by atoms with Crippen LogP contribution in [0.3, 0.4) is 0 Å². The molecule has 1 heterocycles. The van der Waals surface area contributed by atoms with E-state index in [1.807, 2.05) is 12.1 Å². The van der Waals surface area contributed by atoms with E-state index in [4.69, 9.17) is 4.74 Å². The molecule has 0 bridgehead atoms. The maximum atomic E-state index is 12.7. The van der Waals surface area contributed by atoms with Gasteiger partial charge in [-0.3, -0.25) is 24.7 Å². The minimum Gasteiger partial charge on any atom is -0.455 e. The molecule has 1 aromatic heterocycles. The number of benzene rings is 2. The summed E-state index contributed by atoms with van der Waals surface area (Å²) in [5.74, 6) is -1.68. The van der Waals surface area contributed by atoms with E-state index in [9.17, 15) is 32.9 Å². The SMILES string of the molecule is O=C(COC(=O)Cc1cccc2cccnc12)Nc1ccc(C(F)(F)F)cc1[N+](=O)[O-]. The fraction of sp³-hybridized carbons (Fsp3) is 0.150. The van der Waals surface area contributed by atoms with Gasteiger partial charge in [0.2, 0.25) is 0 Å². The van der Waals surface area contributed by atoms with Crippen molar-refractivity contribution in [3.63, 3.8) is 0 Å². The molecule has 3 rings (SSSR count). The molecule has 0 radical (unpaired) electrons. The van der Waals surface area contributed by atoms with E-state index in [2.05, 4.69) is 10.3 Å². The topological polar surface area (TPSA) is 111 Å². The summed E-state index contributed by atoms with van der Waals surface area (Å²) in [6.07, 6.45) is -3.37. The number of fused-ring (bicyclic) bond motifs is 1. The van der Waals surface area contributed by atoms with Crippen LogP contribution in [0.1, 0.15) is 11.1 Å². The van der Waals surface area contributed by atoms with Gasteiger partial charge >= 0.3 is 12.1 Å². The number of pyridine rings is 1. The van der Waals surface area contributed by atoms with Crippen LogP contribution in [0.2, 0.25) is 0 Å². The summed E-state index contributed by atoms with van der Waals surface area (Å²) >= 11 is 0. The van der Waals surface area contributed by atoms with E-state index in [1.165, 1.54) is 0 Å². The molecule has 0 aliphatic heterocycles. The van der Waals surface area contributed by atoms with Crippen LogP contribution in [0.4, 0.5) is 24.5 Å². The van der Waals surface area contributed by atoms with Crippen LogP contribution < -0.4 is 5.32 Å². The molecule has 8 nitrogen and oxygen atoms in total. The van der Waals surface area contributed by atoms with E-state index in [-0.39, 0.29) is 6.42 Å². The zero-order valence-electron chi connectivity index (χ0n) is 15.7. The van der Waals surface area contributed by atoms with E-state index in [0.717, 1.165) is 11.5 Å². The summed E-state index contributed by atoms with van der Waals surface area (Å²) in [5.41, 5.74) is -1.42. The Labute approximate surface area is 172 Å². The fourth-order valence-electron chi connectivity index (χ4n) is 2.81. The quantitative estimate of drug-likeness (QED) is 0.359. The van der Waals surface area contributed by atoms with Crippen LogP contribution in [0.5, 0.6) is 0 Å². The van der Waals surface area contributed by atoms with Crippen molar-refractivity contribution in [2.24, 2.45) is 0 Å². The molecule has 0 spiro atoms. The summed E-state index contributed by atoms with van der Waals surface area (Å²) in [4.78, 5) is 38.3. The van der Waals surface area contributed by atoms with Crippen LogP contribution in [0.15, 0.2) is 54.7 Å². The minimum absolute atomic E-state index is 0.165. The van der Waals surface area contributed by atoms with E-state index < -0.39 is 46.5 Å². The number of carbonyl (C=O) groups is 2. The molecule has 3 aromatic rings. The highest BCUT2D eigenvalue weighted by molar-refractivity contribution is 5.95. The number of amides is 1. The first-order chi connectivity index (χ1) is 14.6. The lowest BCUT2D eigenvalue weighted by molar-refractivity contribution is -0.384. The molecule has 0 atom stereocenters. The van der Waals surface area contributed by atoms with Crippen LogP contribution in [0, 0.1) is 10.1 Å². The van der Waals surface area contributed by atoms with Crippen LogP contribution >= 0.6 is 0 Å². The molecule has 1 amide bonds. The Bertz CT molecular complexity index is 1160. The van der Waals surface area contributed by atoms with Crippen LogP contribution in [0.25, 0.3) is 10.9 Å². The number of aromatic nitrogens is 1. The van der Waals surface area contributed by atoms with Crippen molar-refractivity contribution in [3.8, 4) is 0 Å². The maximum absolute atomic E-state index is 12.7. The predicted octanol–water partition coefficient (Wildman–Crippen LogP) is 3.89. The standard InChI is InChI=1S/C20H14F3N3O5/c21-20(22,23)14-6-7-15(16(10-14)26(29)30)25-17(27)11-31-18(28)9-13-4-1-3-12-5-2-8-24-19(12)13/h1-8,10H,9,11H2,(H,25,27). The third-order valence-electron chi connectivity index (χ3n) is 4.21. The van der Waals surface area contributed by atoms with Crippen molar-refractivity contribution in [1.29, 1.82) is 0 Å². The maximum Gasteiger partial charge on any atom is 0.416 e. The van der Waals surface area contributed by atoms with Gasteiger partial charge in [0.05, 0.1) is 22.4 Å². The van der Waals surface area contributed by atoms with Crippen LogP contribution in [-0.4, -0.2) is 28.4 Å². The summed E-state index contributed by atoms with van der Waals surface area (Å²) in [5, 5.41) is 14.0. The molecule has 2 aromatic carbocycles. The Hall–Kier alpha value is -4.02. The van der Waals surface area contributed by atoms with Gasteiger partial charge in [-0.1, -0.05) is 24.3 Å². The lowest BCUT2D eigenvalue weighted by atomic mass is 10.1. The Morgan fingerprint density at radius 1 is 1.13 bits per heavy atom. The van der Waals surface area contributed by atoms with Gasteiger partial charge < -0.3 is 10.1 Å². The first-order valence-electron chi connectivity index (χ1n) is 8.79. The molecule has 0 saturated heterocycles. The lowest BCUT2D eigenvalue weighted by Gasteiger charge is -2.10. The highest BCUT2D eigenvalue weighted by atomic mass is 19.4. The zero-order chi connectivity index (χ0) is 22.6. The van der Waals surface area contributed by atoms with E-state index in [0.29, 0.717) is 23.2 Å². The van der Waals surface area contributed by atoms with Crippen molar-refractivity contribution in [1.82, 2.24) is 4.98 Å². The molecule has 0 fully saturated rings. The van der Waals surface area contributed by atoms with Crippen molar-refractivity contribution in [2.45, 2.75) is 12.6 Å². The summed E-state index contributed by atoms with van der Waals surface area (Å²) in [7, 11) is 0. The second kappa shape index (κ2) is 8.78. The minimum atomic E-state index is -4.78. The molecule has 160 valence electrons. The Kier molecular flexibility index (Phi) is 6.14. The average Bonchev–Trinajstić information content (AvgIpc) is 2.72. The van der Waals surface area contributed by atoms with Crippen molar-refractivity contribution < 1.29 is 32.4 Å². The number of ether oxygens (including phenoxy) is 1. The molecule has 0 unspecified atom stereocenters. The van der Waals surface area contributed by atoms with Gasteiger partial charge in [-0.05, 0) is 23.8 Å². The molecule has 0 aliphatic carbocycles. The van der Waals surface area contributed by atoms with Gasteiger partial charge in [-0.15, -0.1) is 0 Å². The van der Waals surface area contributed by atoms with Crippen LogP contribution in [-0.2, 0) is 26.9 Å². The van der Waals surface area contributed by atoms with Gasteiger partial charge in [0.1, 0.15) is 5.69 Å². The number of esters is 1. The van der Waals surface area contributed by atoms with Gasteiger partial charge in [0.25, 0.3) is 11.6 Å². The number of hydrogen-bond acceptors (Lipinski definition) is 6. The van der Waals surface area contributed by atoms with Gasteiger partial charge in [-0.25, -0.2) is 0 Å². The number of carbonyl (C=O) groups excluding carboxylic acids is 2. The molecule has 0 saturated carbocycles. The zero-order valence-corrected chi connectivity index (χ0v) is 15.7. The number of nitro benzene ring substituents is 1. The van der Waals surface area contributed by atoms with E-state index in [1.54, 1.807) is 24.4 Å². The highest BCUT2D eigenvalue weighted by Gasteiger charge is 2.33. The smallest absolute Gasteiger partial charge is 0.416 e. The molecule has 31 heavy (non-hydrogen) atoms. The van der Waals surface area contributed by atoms with Gasteiger partial charge in [0.15, 0.2) is 6.61 Å². The summed E-state index contributed by atoms with van der Waals surface area (Å²) < 4.78 is 43.1. The second-order valence-corrected chi connectivity index (χ2v) is 6.36. The first-order valence-corrected chi connectivity index (χ1v) is 8.79. The Morgan fingerprint density at radius 2 is 1.87 bits per heavy atom. The third kappa shape index (κ3) is 5.32. The lowest BCUT2D eigenvalue weighted by Crippen LogP contribution is -2.22. The normalized spacial score (nSPS) is 11.2. The number of halogens is 3. The van der Waals surface area contributed by atoms with Gasteiger partial charge in [-0.2, -0.15) is 13.2 Å². The monoisotopic (exact) mass is 433 g/mol. The Morgan fingerprint density at radius 3 is 2.58 bits per heavy atom. The van der Waals surface area contributed by atoms with E-state index >= 15 is 0 Å². The number of nitrogens with zero attached hydrogens (tertiary/aromatic N) is 2. The van der Waals surface area contributed by atoms with Crippen molar-refractivity contribution in [2.75, 3.05) is 11.9 Å². The molecule has 1 N–H and O–H groups in total. The Balaban J connectivity index is 1.63. The van der Waals surface area contributed by atoms with Crippen molar-refractivity contribution >= 4 is 34.2 Å². The third-order valence-corrected chi connectivity index (χ3v) is 4.21. The van der Waals surface area contributed by atoms with Crippen molar-refractivity contribution in [3.05, 3.63) is 76.0 Å². The number of nitrogens with one attached hydrogen (secondary N) is 1. The largest absolute Gasteiger partial charge is 0.455 e. The molecule has 0 aliphatic rings. The number of rotatable bonds is 6. The molecule has 11 heteroatoms. The number of hydrogen-bond donors (Lipinski definition) is 1.